The van der Waals surface area contributed by atoms with Gasteiger partial charge in [-0.2, -0.15) is 0 Å². The Morgan fingerprint density at radius 2 is 2.00 bits per heavy atom. The molecule has 2 unspecified atom stereocenters. The van der Waals surface area contributed by atoms with Crippen molar-refractivity contribution in [2.45, 2.75) is 44.6 Å². The first-order valence-electron chi connectivity index (χ1n) is 7.02. The summed E-state index contributed by atoms with van der Waals surface area (Å²) >= 11 is 0. The smallest absolute Gasteiger partial charge is 0.168 e. The fourth-order valence-electron chi connectivity index (χ4n) is 3.07. The van der Waals surface area contributed by atoms with Crippen LogP contribution in [-0.2, 0) is 4.74 Å². The van der Waals surface area contributed by atoms with Gasteiger partial charge >= 0.3 is 0 Å². The molecule has 2 aliphatic rings. The van der Waals surface area contributed by atoms with Crippen molar-refractivity contribution in [3.8, 4) is 0 Å². The molecule has 2 fully saturated rings. The van der Waals surface area contributed by atoms with Crippen LogP contribution in [0, 0.1) is 5.92 Å². The summed E-state index contributed by atoms with van der Waals surface area (Å²) in [4.78, 5) is 12.6. The number of ketones is 1. The molecule has 2 nitrogen and oxygen atoms in total. The van der Waals surface area contributed by atoms with Crippen LogP contribution in [0.4, 0.5) is 0 Å². The van der Waals surface area contributed by atoms with E-state index >= 15 is 0 Å². The number of carbonyl (C=O) groups excluding carboxylic acids is 1. The van der Waals surface area contributed by atoms with E-state index in [0.717, 1.165) is 18.6 Å². The van der Waals surface area contributed by atoms with Gasteiger partial charge in [0, 0.05) is 12.2 Å². The average molecular weight is 244 g/mol. The summed E-state index contributed by atoms with van der Waals surface area (Å²) in [7, 11) is 0. The molecular formula is C16H20O2. The van der Waals surface area contributed by atoms with Crippen LogP contribution in [0.3, 0.4) is 0 Å². The summed E-state index contributed by atoms with van der Waals surface area (Å²) in [6.45, 7) is 2.74. The van der Waals surface area contributed by atoms with Gasteiger partial charge in [-0.1, -0.05) is 30.7 Å². The van der Waals surface area contributed by atoms with Gasteiger partial charge in [0.2, 0.25) is 0 Å². The molecule has 1 aliphatic heterocycles. The molecule has 1 aromatic carbocycles. The van der Waals surface area contributed by atoms with E-state index in [-0.39, 0.29) is 12.0 Å². The van der Waals surface area contributed by atoms with Crippen molar-refractivity contribution in [3.05, 3.63) is 35.4 Å². The minimum Gasteiger partial charge on any atom is -0.378 e. The van der Waals surface area contributed by atoms with Crippen LogP contribution in [0.2, 0.25) is 0 Å². The molecule has 1 aliphatic carbocycles. The summed E-state index contributed by atoms with van der Waals surface area (Å²) in [5.41, 5.74) is 2.22. The Morgan fingerprint density at radius 3 is 2.61 bits per heavy atom. The molecule has 0 aromatic heterocycles. The summed E-state index contributed by atoms with van der Waals surface area (Å²) < 4.78 is 5.53. The first-order chi connectivity index (χ1) is 8.77. The van der Waals surface area contributed by atoms with Crippen LogP contribution in [0.15, 0.2) is 24.3 Å². The molecule has 0 radical (unpaired) electrons. The van der Waals surface area contributed by atoms with Crippen LogP contribution >= 0.6 is 0 Å². The molecule has 1 heterocycles. The predicted octanol–water partition coefficient (Wildman–Crippen LogP) is 3.56. The first-order valence-corrected chi connectivity index (χ1v) is 7.02. The van der Waals surface area contributed by atoms with E-state index in [0.29, 0.717) is 11.7 Å². The zero-order valence-electron chi connectivity index (χ0n) is 10.9. The third-order valence-electron chi connectivity index (χ3n) is 4.48. The molecule has 3 rings (SSSR count). The van der Waals surface area contributed by atoms with E-state index < -0.39 is 0 Å². The molecule has 18 heavy (non-hydrogen) atoms. The number of benzene rings is 1. The van der Waals surface area contributed by atoms with Crippen molar-refractivity contribution in [1.29, 1.82) is 0 Å². The Hall–Kier alpha value is -1.15. The van der Waals surface area contributed by atoms with E-state index in [1.54, 1.807) is 0 Å². The van der Waals surface area contributed by atoms with Crippen molar-refractivity contribution < 1.29 is 9.53 Å². The van der Waals surface area contributed by atoms with Gasteiger partial charge in [0.15, 0.2) is 5.78 Å². The zero-order chi connectivity index (χ0) is 12.5. The summed E-state index contributed by atoms with van der Waals surface area (Å²) in [5.74, 6) is 0.969. The first kappa shape index (κ1) is 11.9. The largest absolute Gasteiger partial charge is 0.378 e. The van der Waals surface area contributed by atoms with E-state index in [2.05, 4.69) is 12.1 Å². The highest BCUT2D eigenvalue weighted by atomic mass is 16.5. The minimum absolute atomic E-state index is 0.0613. The Balaban J connectivity index is 1.88. The predicted molar refractivity (Wildman–Crippen MR) is 70.9 cm³/mol. The van der Waals surface area contributed by atoms with Gasteiger partial charge in [-0.3, -0.25) is 4.79 Å². The van der Waals surface area contributed by atoms with E-state index in [4.69, 9.17) is 4.74 Å². The second-order valence-corrected chi connectivity index (χ2v) is 5.55. The SMILES string of the molecule is CC1OCCC1C(=O)c1ccccc1C1CCC1. The topological polar surface area (TPSA) is 26.3 Å². The van der Waals surface area contributed by atoms with Crippen LogP contribution in [0.25, 0.3) is 0 Å². The third-order valence-corrected chi connectivity index (χ3v) is 4.48. The molecule has 0 amide bonds. The quantitative estimate of drug-likeness (QED) is 0.760. The Labute approximate surface area is 108 Å². The lowest BCUT2D eigenvalue weighted by Gasteiger charge is -2.28. The van der Waals surface area contributed by atoms with Crippen LogP contribution in [0.1, 0.15) is 54.4 Å². The maximum absolute atomic E-state index is 12.6. The van der Waals surface area contributed by atoms with Gasteiger partial charge in [0.1, 0.15) is 0 Å². The Morgan fingerprint density at radius 1 is 1.22 bits per heavy atom. The highest BCUT2D eigenvalue weighted by Gasteiger charge is 2.33. The number of ether oxygens (including phenoxy) is 1. The van der Waals surface area contributed by atoms with Gasteiger partial charge in [-0.15, -0.1) is 0 Å². The summed E-state index contributed by atoms with van der Waals surface area (Å²) in [6, 6.07) is 8.17. The third kappa shape index (κ3) is 1.99. The van der Waals surface area contributed by atoms with Crippen molar-refractivity contribution in [3.63, 3.8) is 0 Å². The van der Waals surface area contributed by atoms with Crippen molar-refractivity contribution in [2.24, 2.45) is 5.92 Å². The van der Waals surface area contributed by atoms with Gasteiger partial charge < -0.3 is 4.74 Å². The van der Waals surface area contributed by atoms with Gasteiger partial charge in [0.25, 0.3) is 0 Å². The van der Waals surface area contributed by atoms with Gasteiger partial charge in [-0.25, -0.2) is 0 Å². The lowest BCUT2D eigenvalue weighted by Crippen LogP contribution is -2.24. The Kier molecular flexibility index (Phi) is 3.21. The fraction of sp³-hybridized carbons (Fsp3) is 0.562. The second kappa shape index (κ2) is 4.85. The summed E-state index contributed by atoms with van der Waals surface area (Å²) in [5, 5.41) is 0. The number of carbonyl (C=O) groups is 1. The van der Waals surface area contributed by atoms with Gasteiger partial charge in [-0.05, 0) is 37.7 Å². The standard InChI is InChI=1S/C16H20O2/c1-11-13(9-10-18-11)16(17)15-8-3-2-7-14(15)12-5-4-6-12/h2-3,7-8,11-13H,4-6,9-10H2,1H3. The summed E-state index contributed by atoms with van der Waals surface area (Å²) in [6.07, 6.45) is 4.73. The number of hydrogen-bond acceptors (Lipinski definition) is 2. The molecular weight excluding hydrogens is 224 g/mol. The van der Waals surface area contributed by atoms with E-state index in [1.807, 2.05) is 19.1 Å². The van der Waals surface area contributed by atoms with Crippen LogP contribution in [-0.4, -0.2) is 18.5 Å². The lowest BCUT2D eigenvalue weighted by molar-refractivity contribution is 0.0762. The van der Waals surface area contributed by atoms with Gasteiger partial charge in [0.05, 0.1) is 12.0 Å². The van der Waals surface area contributed by atoms with Crippen LogP contribution in [0.5, 0.6) is 0 Å². The maximum atomic E-state index is 12.6. The van der Waals surface area contributed by atoms with Crippen molar-refractivity contribution in [2.75, 3.05) is 6.61 Å². The highest BCUT2D eigenvalue weighted by molar-refractivity contribution is 5.99. The molecule has 0 spiro atoms. The molecule has 1 saturated carbocycles. The molecule has 0 bridgehead atoms. The minimum atomic E-state index is 0.0613. The Bertz CT molecular complexity index is 448. The molecule has 96 valence electrons. The molecule has 2 heteroatoms. The fourth-order valence-corrected chi connectivity index (χ4v) is 3.07. The molecule has 0 N–H and O–H groups in total. The highest BCUT2D eigenvalue weighted by Crippen LogP contribution is 2.39. The molecule has 2 atom stereocenters. The molecule has 1 saturated heterocycles. The maximum Gasteiger partial charge on any atom is 0.168 e. The van der Waals surface area contributed by atoms with Crippen molar-refractivity contribution >= 4 is 5.78 Å². The molecule has 1 aromatic rings. The van der Waals surface area contributed by atoms with Crippen LogP contribution < -0.4 is 0 Å². The number of hydrogen-bond donors (Lipinski definition) is 0. The second-order valence-electron chi connectivity index (χ2n) is 5.55. The van der Waals surface area contributed by atoms with E-state index in [9.17, 15) is 4.79 Å². The number of Topliss-reactive ketones (excluding diaryl/α,β-unsaturated/α-hetero) is 1. The average Bonchev–Trinajstić information content (AvgIpc) is 2.73. The normalized spacial score (nSPS) is 28.1. The zero-order valence-corrected chi connectivity index (χ0v) is 10.9. The van der Waals surface area contributed by atoms with Crippen molar-refractivity contribution in [1.82, 2.24) is 0 Å². The number of rotatable bonds is 3. The monoisotopic (exact) mass is 244 g/mol. The lowest BCUT2D eigenvalue weighted by atomic mass is 9.76. The van der Waals surface area contributed by atoms with E-state index in [1.165, 1.54) is 24.8 Å².